The van der Waals surface area contributed by atoms with E-state index in [0.29, 0.717) is 24.4 Å². The number of nitrogens with zero attached hydrogens (tertiary/aromatic N) is 4. The number of amides is 2. The molecule has 34 heavy (non-hydrogen) atoms. The monoisotopic (exact) mass is 461 g/mol. The fraction of sp³-hybridized carbons (Fsp3) is 0.444. The average molecular weight is 462 g/mol. The maximum atomic E-state index is 12.6. The van der Waals surface area contributed by atoms with Crippen molar-refractivity contribution in [1.29, 1.82) is 0 Å². The van der Waals surface area contributed by atoms with E-state index in [1.807, 2.05) is 46.0 Å². The van der Waals surface area contributed by atoms with Crippen LogP contribution in [0.15, 0.2) is 55.0 Å². The number of hydrogen-bond acceptors (Lipinski definition) is 4. The van der Waals surface area contributed by atoms with Gasteiger partial charge in [-0.05, 0) is 67.2 Å². The molecule has 3 heterocycles. The minimum atomic E-state index is -0.0802. The van der Waals surface area contributed by atoms with Gasteiger partial charge in [0.25, 0.3) is 5.91 Å². The lowest BCUT2D eigenvalue weighted by molar-refractivity contribution is -0.132. The molecular weight excluding hydrogens is 426 g/mol. The summed E-state index contributed by atoms with van der Waals surface area (Å²) in [5.41, 5.74) is 3.79. The topological polar surface area (TPSA) is 70.0 Å². The van der Waals surface area contributed by atoms with Crippen LogP contribution in [0.1, 0.15) is 60.5 Å². The minimum Gasteiger partial charge on any atom is -0.348 e. The van der Waals surface area contributed by atoms with Crippen molar-refractivity contribution in [3.63, 3.8) is 0 Å². The van der Waals surface area contributed by atoms with Crippen molar-refractivity contribution in [2.24, 2.45) is 0 Å². The molecule has 0 aliphatic carbocycles. The van der Waals surface area contributed by atoms with Crippen LogP contribution in [0.4, 0.5) is 0 Å². The van der Waals surface area contributed by atoms with Gasteiger partial charge < -0.3 is 19.5 Å². The van der Waals surface area contributed by atoms with E-state index in [9.17, 15) is 9.59 Å². The van der Waals surface area contributed by atoms with Gasteiger partial charge in [-0.15, -0.1) is 0 Å². The van der Waals surface area contributed by atoms with E-state index in [0.717, 1.165) is 56.8 Å². The highest BCUT2D eigenvalue weighted by molar-refractivity contribution is 5.94. The zero-order chi connectivity index (χ0) is 23.9. The highest BCUT2D eigenvalue weighted by Gasteiger charge is 2.24. The van der Waals surface area contributed by atoms with E-state index in [1.54, 1.807) is 6.20 Å². The summed E-state index contributed by atoms with van der Waals surface area (Å²) < 4.78 is 1.94. The van der Waals surface area contributed by atoms with E-state index in [4.69, 9.17) is 0 Å². The highest BCUT2D eigenvalue weighted by atomic mass is 16.2. The largest absolute Gasteiger partial charge is 0.348 e. The molecule has 1 aliphatic rings. The fourth-order valence-electron chi connectivity index (χ4n) is 4.67. The first kappa shape index (κ1) is 24.0. The smallest absolute Gasteiger partial charge is 0.251 e. The highest BCUT2D eigenvalue weighted by Crippen LogP contribution is 2.28. The number of pyridine rings is 1. The van der Waals surface area contributed by atoms with Gasteiger partial charge in [-0.3, -0.25) is 9.59 Å². The Balaban J connectivity index is 1.24. The molecule has 2 aromatic heterocycles. The Bertz CT molecular complexity index is 1100. The molecule has 0 spiro atoms. The molecule has 1 N–H and O–H groups in total. The zero-order valence-corrected chi connectivity index (χ0v) is 20.2. The summed E-state index contributed by atoms with van der Waals surface area (Å²) >= 11 is 0. The summed E-state index contributed by atoms with van der Waals surface area (Å²) in [5, 5.41) is 2.99. The van der Waals surface area contributed by atoms with Gasteiger partial charge in [-0.2, -0.15) is 0 Å². The third kappa shape index (κ3) is 5.83. The summed E-state index contributed by atoms with van der Waals surface area (Å²) in [6.45, 7) is 9.17. The van der Waals surface area contributed by atoms with Crippen molar-refractivity contribution in [2.45, 2.75) is 45.6 Å². The normalized spacial score (nSPS) is 14.6. The number of benzene rings is 1. The van der Waals surface area contributed by atoms with Gasteiger partial charge in [0.05, 0.1) is 0 Å². The Morgan fingerprint density at radius 3 is 2.50 bits per heavy atom. The predicted octanol–water partition coefficient (Wildman–Crippen LogP) is 3.70. The van der Waals surface area contributed by atoms with Gasteiger partial charge in [0.15, 0.2) is 0 Å². The number of rotatable bonds is 9. The van der Waals surface area contributed by atoms with Gasteiger partial charge >= 0.3 is 0 Å². The fourth-order valence-corrected chi connectivity index (χ4v) is 4.67. The van der Waals surface area contributed by atoms with Crippen LogP contribution in [0.2, 0.25) is 0 Å². The predicted molar refractivity (Wildman–Crippen MR) is 134 cm³/mol. The first-order valence-corrected chi connectivity index (χ1v) is 12.4. The molecule has 1 saturated heterocycles. The summed E-state index contributed by atoms with van der Waals surface area (Å²) in [6, 6.07) is 11.9. The molecule has 1 fully saturated rings. The zero-order valence-electron chi connectivity index (χ0n) is 20.2. The SMILES string of the molecule is CCN(CC)CCC(=O)N1CCC(c2ccc(C(=O)NCc3ccn4ccnc4c3)cc2)CC1. The van der Waals surface area contributed by atoms with Gasteiger partial charge in [0.1, 0.15) is 5.65 Å². The second-order valence-electron chi connectivity index (χ2n) is 8.96. The maximum absolute atomic E-state index is 12.6. The summed E-state index contributed by atoms with van der Waals surface area (Å²) in [4.78, 5) is 33.8. The molecule has 7 heteroatoms. The second-order valence-corrected chi connectivity index (χ2v) is 8.96. The van der Waals surface area contributed by atoms with Gasteiger partial charge in [0, 0.05) is 56.8 Å². The third-order valence-electron chi connectivity index (χ3n) is 6.94. The van der Waals surface area contributed by atoms with Crippen molar-refractivity contribution in [3.05, 3.63) is 71.7 Å². The Morgan fingerprint density at radius 2 is 1.79 bits per heavy atom. The molecule has 1 aliphatic heterocycles. The van der Waals surface area contributed by atoms with Crippen LogP contribution in [0, 0.1) is 0 Å². The Morgan fingerprint density at radius 1 is 1.06 bits per heavy atom. The van der Waals surface area contributed by atoms with Crippen LogP contribution in [0.5, 0.6) is 0 Å². The Labute approximate surface area is 201 Å². The Kier molecular flexibility index (Phi) is 7.95. The lowest BCUT2D eigenvalue weighted by atomic mass is 9.89. The van der Waals surface area contributed by atoms with E-state index in [-0.39, 0.29) is 11.8 Å². The molecule has 0 saturated carbocycles. The summed E-state index contributed by atoms with van der Waals surface area (Å²) in [5.74, 6) is 0.623. The molecule has 7 nitrogen and oxygen atoms in total. The van der Waals surface area contributed by atoms with Crippen LogP contribution < -0.4 is 5.32 Å². The number of carbonyl (C=O) groups excluding carboxylic acids is 2. The number of imidazole rings is 1. The third-order valence-corrected chi connectivity index (χ3v) is 6.94. The molecule has 0 atom stereocenters. The average Bonchev–Trinajstić information content (AvgIpc) is 3.36. The molecule has 0 bridgehead atoms. The lowest BCUT2D eigenvalue weighted by Crippen LogP contribution is -2.39. The van der Waals surface area contributed by atoms with Crippen LogP contribution >= 0.6 is 0 Å². The maximum Gasteiger partial charge on any atom is 0.251 e. The van der Waals surface area contributed by atoms with Crippen molar-refractivity contribution in [2.75, 3.05) is 32.7 Å². The standard InChI is InChI=1S/C27H35N5O2/c1-3-30(4-2)14-12-26(33)32-16-10-23(11-17-32)22-5-7-24(8-6-22)27(34)29-20-21-9-15-31-18-13-28-25(31)19-21/h5-9,13,15,18-19,23H,3-4,10-12,14,16-17,20H2,1-2H3,(H,29,34). The second kappa shape index (κ2) is 11.3. The summed E-state index contributed by atoms with van der Waals surface area (Å²) in [7, 11) is 0. The van der Waals surface area contributed by atoms with Crippen molar-refractivity contribution in [1.82, 2.24) is 24.5 Å². The first-order valence-electron chi connectivity index (χ1n) is 12.4. The van der Waals surface area contributed by atoms with Crippen LogP contribution in [-0.4, -0.2) is 63.7 Å². The summed E-state index contributed by atoms with van der Waals surface area (Å²) in [6.07, 6.45) is 8.15. The molecule has 3 aromatic rings. The number of nitrogens with one attached hydrogen (secondary N) is 1. The van der Waals surface area contributed by atoms with E-state index >= 15 is 0 Å². The van der Waals surface area contributed by atoms with Crippen molar-refractivity contribution in [3.8, 4) is 0 Å². The van der Waals surface area contributed by atoms with Crippen molar-refractivity contribution < 1.29 is 9.59 Å². The number of aromatic nitrogens is 2. The molecular formula is C27H35N5O2. The minimum absolute atomic E-state index is 0.0802. The van der Waals surface area contributed by atoms with E-state index < -0.39 is 0 Å². The van der Waals surface area contributed by atoms with Crippen molar-refractivity contribution >= 4 is 17.5 Å². The number of carbonyl (C=O) groups is 2. The van der Waals surface area contributed by atoms with Gasteiger partial charge in [-0.25, -0.2) is 4.98 Å². The van der Waals surface area contributed by atoms with Crippen LogP contribution in [-0.2, 0) is 11.3 Å². The van der Waals surface area contributed by atoms with E-state index in [1.165, 1.54) is 5.56 Å². The lowest BCUT2D eigenvalue weighted by Gasteiger charge is -2.33. The number of piperidine rings is 1. The number of hydrogen-bond donors (Lipinski definition) is 1. The number of fused-ring (bicyclic) bond motifs is 1. The van der Waals surface area contributed by atoms with Crippen LogP contribution in [0.25, 0.3) is 5.65 Å². The Hall–Kier alpha value is -3.19. The van der Waals surface area contributed by atoms with Gasteiger partial charge in [-0.1, -0.05) is 26.0 Å². The molecule has 180 valence electrons. The molecule has 4 rings (SSSR count). The molecule has 2 amide bonds. The first-order chi connectivity index (χ1) is 16.6. The molecule has 0 unspecified atom stereocenters. The van der Waals surface area contributed by atoms with E-state index in [2.05, 4.69) is 41.2 Å². The quantitative estimate of drug-likeness (QED) is 0.528. The molecule has 0 radical (unpaired) electrons. The number of likely N-dealkylation sites (tertiary alicyclic amines) is 1. The molecule has 1 aromatic carbocycles. The van der Waals surface area contributed by atoms with Crippen LogP contribution in [0.3, 0.4) is 0 Å². The van der Waals surface area contributed by atoms with Gasteiger partial charge in [0.2, 0.25) is 5.91 Å².